The zero-order valence-electron chi connectivity index (χ0n) is 23.1. The van der Waals surface area contributed by atoms with Crippen LogP contribution in [0.5, 0.6) is 0 Å². The minimum Gasteiger partial charge on any atom is -0.477 e. The maximum absolute atomic E-state index is 14.1. The molecule has 37 heavy (non-hydrogen) atoms. The molecule has 0 radical (unpaired) electrons. The highest BCUT2D eigenvalue weighted by Crippen LogP contribution is 2.37. The van der Waals surface area contributed by atoms with Crippen LogP contribution in [0.1, 0.15) is 87.7 Å². The first kappa shape index (κ1) is 29.2. The second-order valence-electron chi connectivity index (χ2n) is 11.7. The van der Waals surface area contributed by atoms with Crippen molar-refractivity contribution in [1.29, 1.82) is 0 Å². The van der Waals surface area contributed by atoms with Gasteiger partial charge in [-0.1, -0.05) is 25.7 Å². The summed E-state index contributed by atoms with van der Waals surface area (Å²) in [4.78, 5) is 44.0. The number of rotatable bonds is 8. The minimum atomic E-state index is -1.11. The van der Waals surface area contributed by atoms with Crippen molar-refractivity contribution in [2.75, 3.05) is 31.7 Å². The molecule has 7 nitrogen and oxygen atoms in total. The van der Waals surface area contributed by atoms with Crippen LogP contribution in [0.25, 0.3) is 0 Å². The van der Waals surface area contributed by atoms with E-state index in [1.807, 2.05) is 27.7 Å². The van der Waals surface area contributed by atoms with Gasteiger partial charge in [-0.15, -0.1) is 11.3 Å². The predicted molar refractivity (Wildman–Crippen MR) is 147 cm³/mol. The molecule has 8 heteroatoms. The van der Waals surface area contributed by atoms with Crippen LogP contribution >= 0.6 is 11.3 Å². The Morgan fingerprint density at radius 3 is 2.41 bits per heavy atom. The Morgan fingerprint density at radius 1 is 1.19 bits per heavy atom. The van der Waals surface area contributed by atoms with Gasteiger partial charge in [-0.2, -0.15) is 0 Å². The Bertz CT molecular complexity index is 1030. The summed E-state index contributed by atoms with van der Waals surface area (Å²) in [7, 11) is 1.76. The van der Waals surface area contributed by atoms with Gasteiger partial charge in [-0.25, -0.2) is 4.79 Å². The summed E-state index contributed by atoms with van der Waals surface area (Å²) in [6.45, 7) is 11.9. The first-order chi connectivity index (χ1) is 17.4. The van der Waals surface area contributed by atoms with Gasteiger partial charge in [0.2, 0.25) is 11.8 Å². The number of carboxylic acid groups (broad SMARTS) is 1. The van der Waals surface area contributed by atoms with E-state index in [0.717, 1.165) is 43.4 Å². The Hall–Kier alpha value is -2.37. The molecule has 1 aliphatic carbocycles. The average Bonchev–Trinajstić information content (AvgIpc) is 3.50. The zero-order chi connectivity index (χ0) is 27.3. The van der Waals surface area contributed by atoms with Crippen molar-refractivity contribution in [2.45, 2.75) is 79.2 Å². The monoisotopic (exact) mass is 530 g/mol. The summed E-state index contributed by atoms with van der Waals surface area (Å²) >= 11 is 1.07. The number of carbonyl (C=O) groups excluding carboxylic acids is 2. The number of likely N-dealkylation sites (N-methyl/N-ethyl adjacent to an activating group) is 1. The quantitative estimate of drug-likeness (QED) is 0.462. The number of anilines is 1. The number of hydrogen-bond donors (Lipinski definition) is 1. The number of ether oxygens (including phenoxy) is 1. The lowest BCUT2D eigenvalue weighted by molar-refractivity contribution is -0.135. The Kier molecular flexibility index (Phi) is 9.82. The summed E-state index contributed by atoms with van der Waals surface area (Å²) in [6, 6.07) is 0.909. The average molecular weight is 531 g/mol. The van der Waals surface area contributed by atoms with Crippen molar-refractivity contribution in [3.05, 3.63) is 15.8 Å². The molecule has 2 heterocycles. The molecule has 1 saturated heterocycles. The van der Waals surface area contributed by atoms with Crippen molar-refractivity contribution in [3.8, 4) is 11.8 Å². The molecule has 1 aromatic heterocycles. The molecule has 1 aromatic rings. The fraction of sp³-hybridized carbons (Fsp3) is 0.690. The first-order valence-corrected chi connectivity index (χ1v) is 14.3. The number of carbonyl (C=O) groups is 3. The maximum atomic E-state index is 14.1. The molecule has 204 valence electrons. The Balaban J connectivity index is 2.03. The zero-order valence-corrected chi connectivity index (χ0v) is 24.0. The van der Waals surface area contributed by atoms with E-state index in [4.69, 9.17) is 4.74 Å². The van der Waals surface area contributed by atoms with Gasteiger partial charge in [0.05, 0.1) is 17.2 Å². The fourth-order valence-electron chi connectivity index (χ4n) is 5.09. The van der Waals surface area contributed by atoms with Crippen molar-refractivity contribution in [1.82, 2.24) is 4.90 Å². The molecule has 1 aliphatic heterocycles. The first-order valence-electron chi connectivity index (χ1n) is 13.5. The van der Waals surface area contributed by atoms with Crippen LogP contribution < -0.4 is 4.90 Å². The molecular formula is C29H42N2O5S. The third-order valence-electron chi connectivity index (χ3n) is 7.25. The smallest absolute Gasteiger partial charge is 0.348 e. The van der Waals surface area contributed by atoms with Gasteiger partial charge in [0.15, 0.2) is 0 Å². The lowest BCUT2D eigenvalue weighted by atomic mass is 9.82. The number of amides is 2. The predicted octanol–water partition coefficient (Wildman–Crippen LogP) is 5.28. The standard InChI is InChI=1S/C29H42N2O5S/c1-7-23(27(33)30(6)17-20-13-15-36-18-20)31(26(32)21-10-8-19(2)9-11-21)24-16-22(12-14-29(3,4)5)37-25(24)28(34)35/h16,19-21,23H,7-11,13,15,17-18H2,1-6H3,(H,34,35)/t19-,20?,21-,23-/m0/s1. The van der Waals surface area contributed by atoms with E-state index in [2.05, 4.69) is 18.8 Å². The summed E-state index contributed by atoms with van der Waals surface area (Å²) in [5.74, 6) is 5.42. The van der Waals surface area contributed by atoms with Crippen LogP contribution in [-0.2, 0) is 14.3 Å². The molecule has 0 aromatic carbocycles. The van der Waals surface area contributed by atoms with Crippen molar-refractivity contribution >= 4 is 34.8 Å². The molecule has 2 amide bonds. The van der Waals surface area contributed by atoms with E-state index in [1.54, 1.807) is 18.0 Å². The molecule has 2 fully saturated rings. The molecule has 3 rings (SSSR count). The lowest BCUT2D eigenvalue weighted by Crippen LogP contribution is -2.53. The second-order valence-corrected chi connectivity index (χ2v) is 12.7. The van der Waals surface area contributed by atoms with Crippen LogP contribution in [0.2, 0.25) is 0 Å². The highest BCUT2D eigenvalue weighted by Gasteiger charge is 2.39. The van der Waals surface area contributed by atoms with Gasteiger partial charge >= 0.3 is 5.97 Å². The van der Waals surface area contributed by atoms with E-state index in [1.165, 1.54) is 4.90 Å². The molecule has 0 spiro atoms. The SMILES string of the molecule is CC[C@@H](C(=O)N(C)CC1CCOC1)N(c1cc(C#CC(C)(C)C)sc1C(=O)O)C(=O)[C@H]1CC[C@H](C)CC1. The van der Waals surface area contributed by atoms with E-state index < -0.39 is 12.0 Å². The van der Waals surface area contributed by atoms with Crippen molar-refractivity contribution < 1.29 is 24.2 Å². The summed E-state index contributed by atoms with van der Waals surface area (Å²) in [5, 5.41) is 10.1. The molecule has 1 saturated carbocycles. The van der Waals surface area contributed by atoms with Crippen molar-refractivity contribution in [2.24, 2.45) is 23.2 Å². The molecule has 2 atom stereocenters. The molecular weight excluding hydrogens is 488 g/mol. The highest BCUT2D eigenvalue weighted by atomic mass is 32.1. The third-order valence-corrected chi connectivity index (χ3v) is 8.27. The number of aromatic carboxylic acids is 1. The van der Waals surface area contributed by atoms with Crippen molar-refractivity contribution in [3.63, 3.8) is 0 Å². The topological polar surface area (TPSA) is 87.2 Å². The van der Waals surface area contributed by atoms with Crippen LogP contribution in [0.15, 0.2) is 6.07 Å². The lowest BCUT2D eigenvalue weighted by Gasteiger charge is -2.37. The van der Waals surface area contributed by atoms with Gasteiger partial charge in [-0.3, -0.25) is 14.5 Å². The highest BCUT2D eigenvalue weighted by molar-refractivity contribution is 7.15. The van der Waals surface area contributed by atoms with Crippen LogP contribution in [0, 0.1) is 35.0 Å². The normalized spacial score (nSPS) is 22.6. The Morgan fingerprint density at radius 2 is 1.86 bits per heavy atom. The number of nitrogens with zero attached hydrogens (tertiary/aromatic N) is 2. The van der Waals surface area contributed by atoms with Gasteiger partial charge in [0.1, 0.15) is 10.9 Å². The van der Waals surface area contributed by atoms with E-state index >= 15 is 0 Å². The summed E-state index contributed by atoms with van der Waals surface area (Å²) < 4.78 is 5.48. The third kappa shape index (κ3) is 7.58. The maximum Gasteiger partial charge on any atom is 0.348 e. The van der Waals surface area contributed by atoms with Crippen LogP contribution in [-0.4, -0.2) is 60.6 Å². The molecule has 1 N–H and O–H groups in total. The Labute approximate surface area is 225 Å². The summed E-state index contributed by atoms with van der Waals surface area (Å²) in [5.41, 5.74) is 0.0355. The molecule has 1 unspecified atom stereocenters. The summed E-state index contributed by atoms with van der Waals surface area (Å²) in [6.07, 6.45) is 4.69. The van der Waals surface area contributed by atoms with E-state index in [0.29, 0.717) is 37.0 Å². The van der Waals surface area contributed by atoms with Crippen LogP contribution in [0.4, 0.5) is 5.69 Å². The van der Waals surface area contributed by atoms with Gasteiger partial charge < -0.3 is 14.7 Å². The largest absolute Gasteiger partial charge is 0.477 e. The number of carboxylic acids is 1. The van der Waals surface area contributed by atoms with Gasteiger partial charge in [0, 0.05) is 37.5 Å². The fourth-order valence-corrected chi connectivity index (χ4v) is 5.94. The minimum absolute atomic E-state index is 0.0498. The number of hydrogen-bond acceptors (Lipinski definition) is 5. The molecule has 2 aliphatic rings. The van der Waals surface area contributed by atoms with Crippen LogP contribution in [0.3, 0.4) is 0 Å². The number of thiophene rings is 1. The second kappa shape index (κ2) is 12.4. The molecule has 0 bridgehead atoms. The van der Waals surface area contributed by atoms with E-state index in [9.17, 15) is 19.5 Å². The van der Waals surface area contributed by atoms with E-state index in [-0.39, 0.29) is 39.6 Å². The van der Waals surface area contributed by atoms with Gasteiger partial charge in [0.25, 0.3) is 0 Å². The van der Waals surface area contributed by atoms with Gasteiger partial charge in [-0.05, 0) is 71.3 Å².